The molecule has 0 spiro atoms. The van der Waals surface area contributed by atoms with E-state index in [-0.39, 0.29) is 10.6 Å². The Bertz CT molecular complexity index is 600. The molecule has 9 heteroatoms. The molecule has 1 saturated carbocycles. The summed E-state index contributed by atoms with van der Waals surface area (Å²) in [6, 6.07) is 0.862. The van der Waals surface area contributed by atoms with Crippen LogP contribution in [0, 0.1) is 0 Å². The van der Waals surface area contributed by atoms with Crippen LogP contribution in [0.15, 0.2) is 23.4 Å². The van der Waals surface area contributed by atoms with Crippen molar-refractivity contribution in [2.75, 3.05) is 18.4 Å². The molecule has 2 rings (SSSR count). The summed E-state index contributed by atoms with van der Waals surface area (Å²) in [6.45, 7) is 0.751. The zero-order valence-electron chi connectivity index (χ0n) is 11.4. The van der Waals surface area contributed by atoms with Gasteiger partial charge in [0, 0.05) is 25.0 Å². The van der Waals surface area contributed by atoms with Gasteiger partial charge in [-0.05, 0) is 25.8 Å². The highest BCUT2D eigenvalue weighted by molar-refractivity contribution is 7.89. The number of nitrogens with one attached hydrogen (secondary N) is 1. The van der Waals surface area contributed by atoms with Crippen molar-refractivity contribution in [3.63, 3.8) is 0 Å². The Labute approximate surface area is 121 Å². The summed E-state index contributed by atoms with van der Waals surface area (Å²) in [5.74, 6) is 0. The van der Waals surface area contributed by atoms with Crippen LogP contribution in [-0.4, -0.2) is 43.0 Å². The maximum atomic E-state index is 12.7. The fourth-order valence-corrected chi connectivity index (χ4v) is 3.78. The molecule has 0 radical (unpaired) electrons. The Morgan fingerprint density at radius 1 is 1.43 bits per heavy atom. The summed E-state index contributed by atoms with van der Waals surface area (Å²) in [7, 11) is -4.24. The normalized spacial score (nSPS) is 16.2. The van der Waals surface area contributed by atoms with E-state index >= 15 is 0 Å². The van der Waals surface area contributed by atoms with Gasteiger partial charge in [0.05, 0.1) is 5.69 Å². The zero-order valence-corrected chi connectivity index (χ0v) is 12.2. The number of hydrogen-bond acceptors (Lipinski definition) is 4. The van der Waals surface area contributed by atoms with Crippen LogP contribution in [0.5, 0.6) is 0 Å². The Hall–Kier alpha value is -1.35. The van der Waals surface area contributed by atoms with Crippen molar-refractivity contribution >= 4 is 15.7 Å². The highest BCUT2D eigenvalue weighted by atomic mass is 32.2. The third kappa shape index (κ3) is 3.85. The maximum absolute atomic E-state index is 12.7. The highest BCUT2D eigenvalue weighted by Crippen LogP contribution is 2.36. The molecule has 1 N–H and O–H groups in total. The van der Waals surface area contributed by atoms with E-state index in [0.29, 0.717) is 23.7 Å². The van der Waals surface area contributed by atoms with Gasteiger partial charge in [-0.3, -0.25) is 4.98 Å². The van der Waals surface area contributed by atoms with Crippen LogP contribution in [0.25, 0.3) is 0 Å². The SMILES string of the molecule is CCNc1ccncc1S(=O)(=O)N(CC(F)(F)F)C1CC1. The standard InChI is InChI=1S/C12H16F3N3O2S/c1-2-17-10-5-6-16-7-11(10)21(19,20)18(9-3-4-9)8-12(13,14)15/h5-7,9H,2-4,8H2,1H3,(H,16,17). The molecule has 118 valence electrons. The van der Waals surface area contributed by atoms with Gasteiger partial charge in [0.25, 0.3) is 0 Å². The predicted octanol–water partition coefficient (Wildman–Crippen LogP) is 2.23. The van der Waals surface area contributed by atoms with Gasteiger partial charge in [0.1, 0.15) is 11.4 Å². The van der Waals surface area contributed by atoms with Gasteiger partial charge in [-0.25, -0.2) is 8.42 Å². The fourth-order valence-electron chi connectivity index (χ4n) is 2.00. The van der Waals surface area contributed by atoms with E-state index in [2.05, 4.69) is 10.3 Å². The first-order valence-corrected chi connectivity index (χ1v) is 7.96. The molecule has 1 fully saturated rings. The van der Waals surface area contributed by atoms with Crippen LogP contribution in [0.1, 0.15) is 19.8 Å². The Balaban J connectivity index is 2.39. The predicted molar refractivity (Wildman–Crippen MR) is 71.4 cm³/mol. The summed E-state index contributed by atoms with van der Waals surface area (Å²) < 4.78 is 63.6. The molecule has 1 aromatic heterocycles. The van der Waals surface area contributed by atoms with E-state index in [1.54, 1.807) is 6.92 Å². The van der Waals surface area contributed by atoms with Crippen molar-refractivity contribution in [1.29, 1.82) is 0 Å². The molecule has 0 aromatic carbocycles. The lowest BCUT2D eigenvalue weighted by Gasteiger charge is -2.24. The van der Waals surface area contributed by atoms with Crippen LogP contribution >= 0.6 is 0 Å². The van der Waals surface area contributed by atoms with Crippen LogP contribution in [0.4, 0.5) is 18.9 Å². The topological polar surface area (TPSA) is 62.3 Å². The molecule has 1 aliphatic carbocycles. The van der Waals surface area contributed by atoms with Gasteiger partial charge in [-0.2, -0.15) is 17.5 Å². The molecular weight excluding hydrogens is 307 g/mol. The third-order valence-electron chi connectivity index (χ3n) is 3.03. The minimum atomic E-state index is -4.57. The van der Waals surface area contributed by atoms with Crippen molar-refractivity contribution in [1.82, 2.24) is 9.29 Å². The summed E-state index contributed by atoms with van der Waals surface area (Å²) in [6.07, 6.45) is -1.20. The lowest BCUT2D eigenvalue weighted by molar-refractivity contribution is -0.137. The number of halogens is 3. The van der Waals surface area contributed by atoms with Crippen LogP contribution in [0.3, 0.4) is 0 Å². The van der Waals surface area contributed by atoms with E-state index in [1.165, 1.54) is 12.3 Å². The number of sulfonamides is 1. The lowest BCUT2D eigenvalue weighted by atomic mass is 10.4. The molecule has 21 heavy (non-hydrogen) atoms. The van der Waals surface area contributed by atoms with Crippen LogP contribution in [-0.2, 0) is 10.0 Å². The molecule has 1 heterocycles. The van der Waals surface area contributed by atoms with E-state index in [9.17, 15) is 21.6 Å². The summed E-state index contributed by atoms with van der Waals surface area (Å²) >= 11 is 0. The molecule has 0 amide bonds. The number of aromatic nitrogens is 1. The second kappa shape index (κ2) is 5.80. The van der Waals surface area contributed by atoms with Crippen molar-refractivity contribution in [2.45, 2.75) is 36.9 Å². The number of nitrogens with zero attached hydrogens (tertiary/aromatic N) is 2. The first kappa shape index (κ1) is 16.0. The Morgan fingerprint density at radius 3 is 2.62 bits per heavy atom. The number of rotatable bonds is 6. The largest absolute Gasteiger partial charge is 0.402 e. The number of anilines is 1. The lowest BCUT2D eigenvalue weighted by Crippen LogP contribution is -2.40. The number of pyridine rings is 1. The maximum Gasteiger partial charge on any atom is 0.402 e. The van der Waals surface area contributed by atoms with Crippen molar-refractivity contribution in [3.8, 4) is 0 Å². The number of hydrogen-bond donors (Lipinski definition) is 1. The summed E-state index contributed by atoms with van der Waals surface area (Å²) in [5.41, 5.74) is 0.264. The molecule has 0 unspecified atom stereocenters. The van der Waals surface area contributed by atoms with E-state index in [4.69, 9.17) is 0 Å². The minimum absolute atomic E-state index is 0.219. The molecule has 0 aliphatic heterocycles. The highest BCUT2D eigenvalue weighted by Gasteiger charge is 2.45. The third-order valence-corrected chi connectivity index (χ3v) is 4.95. The average molecular weight is 323 g/mol. The van der Waals surface area contributed by atoms with Crippen molar-refractivity contribution in [3.05, 3.63) is 18.5 Å². The van der Waals surface area contributed by atoms with E-state index in [1.807, 2.05) is 0 Å². The zero-order chi connectivity index (χ0) is 15.7. The molecular formula is C12H16F3N3O2S. The molecule has 0 atom stereocenters. The van der Waals surface area contributed by atoms with E-state index in [0.717, 1.165) is 6.20 Å². The van der Waals surface area contributed by atoms with Gasteiger partial charge < -0.3 is 5.32 Å². The van der Waals surface area contributed by atoms with Crippen molar-refractivity contribution < 1.29 is 21.6 Å². The second-order valence-electron chi connectivity index (χ2n) is 4.80. The Morgan fingerprint density at radius 2 is 2.10 bits per heavy atom. The monoisotopic (exact) mass is 323 g/mol. The molecule has 0 bridgehead atoms. The van der Waals surface area contributed by atoms with Crippen molar-refractivity contribution in [2.24, 2.45) is 0 Å². The molecule has 1 aliphatic rings. The quantitative estimate of drug-likeness (QED) is 0.872. The summed E-state index contributed by atoms with van der Waals surface area (Å²) in [5, 5.41) is 2.83. The second-order valence-corrected chi connectivity index (χ2v) is 6.66. The van der Waals surface area contributed by atoms with Gasteiger partial charge in [0.15, 0.2) is 0 Å². The van der Waals surface area contributed by atoms with Gasteiger partial charge in [-0.1, -0.05) is 0 Å². The number of alkyl halides is 3. The molecule has 1 aromatic rings. The first-order valence-electron chi connectivity index (χ1n) is 6.52. The van der Waals surface area contributed by atoms with Gasteiger partial charge >= 0.3 is 6.18 Å². The Kier molecular flexibility index (Phi) is 4.43. The fraction of sp³-hybridized carbons (Fsp3) is 0.583. The summed E-state index contributed by atoms with van der Waals surface area (Å²) in [4.78, 5) is 3.51. The first-order chi connectivity index (χ1) is 9.75. The van der Waals surface area contributed by atoms with Gasteiger partial charge in [-0.15, -0.1) is 0 Å². The smallest absolute Gasteiger partial charge is 0.384 e. The van der Waals surface area contributed by atoms with Crippen LogP contribution < -0.4 is 5.32 Å². The average Bonchev–Trinajstić information content (AvgIpc) is 3.20. The molecule has 5 nitrogen and oxygen atoms in total. The minimum Gasteiger partial charge on any atom is -0.384 e. The molecule has 0 saturated heterocycles. The van der Waals surface area contributed by atoms with Crippen LogP contribution in [0.2, 0.25) is 0 Å². The van der Waals surface area contributed by atoms with E-state index < -0.39 is 28.8 Å². The van der Waals surface area contributed by atoms with Gasteiger partial charge in [0.2, 0.25) is 10.0 Å².